The van der Waals surface area contributed by atoms with Crippen LogP contribution in [0.3, 0.4) is 0 Å². The zero-order chi connectivity index (χ0) is 15.6. The van der Waals surface area contributed by atoms with Crippen molar-refractivity contribution in [3.05, 3.63) is 70.8 Å². The number of hydrogen-bond acceptors (Lipinski definition) is 5. The second kappa shape index (κ2) is 9.10. The lowest BCUT2D eigenvalue weighted by Gasteiger charge is -2.20. The summed E-state index contributed by atoms with van der Waals surface area (Å²) in [7, 11) is -1.34. The van der Waals surface area contributed by atoms with Crippen molar-refractivity contribution in [2.45, 2.75) is 6.42 Å². The Balaban J connectivity index is 0.000000246. The number of benzene rings is 2. The molecule has 0 N–H and O–H groups in total. The molecule has 3 rings (SSSR count). The number of nitrogens with zero attached hydrogens (tertiary/aromatic N) is 1. The van der Waals surface area contributed by atoms with Crippen LogP contribution in [0.15, 0.2) is 60.7 Å². The molecule has 2 aromatic rings. The summed E-state index contributed by atoms with van der Waals surface area (Å²) in [6.07, 6.45) is 0.864. The molecule has 1 aliphatic rings. The molecule has 0 radical (unpaired) electrons. The molecule has 0 aliphatic carbocycles. The molecule has 0 bridgehead atoms. The topological polar surface area (TPSA) is 70.8 Å². The highest BCUT2D eigenvalue weighted by Crippen LogP contribution is 2.43. The van der Waals surface area contributed by atoms with E-state index in [1.165, 1.54) is 24.3 Å². The van der Waals surface area contributed by atoms with Gasteiger partial charge in [-0.15, -0.1) is 0 Å². The van der Waals surface area contributed by atoms with Crippen molar-refractivity contribution < 1.29 is 18.5 Å². The number of non-ortho nitro benzene ring substituents is 1. The average Bonchev–Trinajstić information content (AvgIpc) is 2.58. The highest BCUT2D eigenvalue weighted by Gasteiger charge is 2.19. The predicted molar refractivity (Wildman–Crippen MR) is 83.6 cm³/mol. The van der Waals surface area contributed by atoms with Crippen LogP contribution in [0, 0.1) is 10.1 Å². The van der Waals surface area contributed by atoms with Crippen molar-refractivity contribution in [1.29, 1.82) is 0 Å². The van der Waals surface area contributed by atoms with E-state index in [-0.39, 0.29) is 5.69 Å². The standard InChI is InChI=1S/C9H10NO5P.C6H6/c11-10(12)8-2-4-9(5-3-8)15-16-13-6-1-7-14-16;1-2-4-6-5-3-1/h2-5H,1,6-7H2;1-6H. The highest BCUT2D eigenvalue weighted by atomic mass is 31.2. The largest absolute Gasteiger partial charge is 0.427 e. The fourth-order valence-corrected chi connectivity index (χ4v) is 2.56. The van der Waals surface area contributed by atoms with Gasteiger partial charge >= 0.3 is 8.60 Å². The first-order valence-electron chi connectivity index (χ1n) is 6.74. The van der Waals surface area contributed by atoms with E-state index in [4.69, 9.17) is 13.6 Å². The summed E-state index contributed by atoms with van der Waals surface area (Å²) >= 11 is 0. The highest BCUT2D eigenvalue weighted by molar-refractivity contribution is 7.42. The molecule has 0 atom stereocenters. The van der Waals surface area contributed by atoms with Gasteiger partial charge in [-0.2, -0.15) is 0 Å². The lowest BCUT2D eigenvalue weighted by atomic mass is 10.3. The molecule has 0 spiro atoms. The molecule has 1 saturated heterocycles. The van der Waals surface area contributed by atoms with Gasteiger partial charge in [0.05, 0.1) is 18.1 Å². The molecule has 116 valence electrons. The van der Waals surface area contributed by atoms with Crippen molar-refractivity contribution in [2.24, 2.45) is 0 Å². The third kappa shape index (κ3) is 5.77. The Kier molecular flexibility index (Phi) is 6.77. The molecule has 0 aromatic heterocycles. The van der Waals surface area contributed by atoms with Crippen LogP contribution in [0.5, 0.6) is 5.75 Å². The summed E-state index contributed by atoms with van der Waals surface area (Å²) in [6.45, 7) is 1.25. The number of rotatable bonds is 3. The van der Waals surface area contributed by atoms with E-state index in [0.29, 0.717) is 19.0 Å². The Morgan fingerprint density at radius 3 is 1.91 bits per heavy atom. The molecule has 6 nitrogen and oxygen atoms in total. The second-order valence-corrected chi connectivity index (χ2v) is 5.39. The van der Waals surface area contributed by atoms with E-state index < -0.39 is 13.5 Å². The summed E-state index contributed by atoms with van der Waals surface area (Å²) in [5.41, 5.74) is 0.0330. The molecular weight excluding hydrogens is 305 g/mol. The number of nitro groups is 1. The van der Waals surface area contributed by atoms with E-state index in [2.05, 4.69) is 0 Å². The molecule has 22 heavy (non-hydrogen) atoms. The molecule has 0 unspecified atom stereocenters. The van der Waals surface area contributed by atoms with E-state index in [1.807, 2.05) is 36.4 Å². The molecular formula is C15H16NO5P. The van der Waals surface area contributed by atoms with Crippen LogP contribution in [0.4, 0.5) is 5.69 Å². The number of nitro benzene ring substituents is 1. The van der Waals surface area contributed by atoms with E-state index >= 15 is 0 Å². The van der Waals surface area contributed by atoms with Gasteiger partial charge in [0.2, 0.25) is 0 Å². The maximum absolute atomic E-state index is 10.4. The van der Waals surface area contributed by atoms with Gasteiger partial charge in [-0.05, 0) is 18.6 Å². The van der Waals surface area contributed by atoms with Crippen molar-refractivity contribution in [3.8, 4) is 5.75 Å². The third-order valence-corrected chi connectivity index (χ3v) is 3.72. The molecule has 7 heteroatoms. The summed E-state index contributed by atoms with van der Waals surface area (Å²) in [4.78, 5) is 9.97. The molecule has 0 amide bonds. The van der Waals surface area contributed by atoms with Crippen molar-refractivity contribution in [1.82, 2.24) is 0 Å². The summed E-state index contributed by atoms with van der Waals surface area (Å²) in [6, 6.07) is 17.8. The Labute approximate surface area is 129 Å². The molecule has 0 saturated carbocycles. The smallest absolute Gasteiger partial charge is 0.397 e. The first kappa shape index (κ1) is 16.4. The summed E-state index contributed by atoms with van der Waals surface area (Å²) < 4.78 is 15.9. The maximum Gasteiger partial charge on any atom is 0.397 e. The Morgan fingerprint density at radius 2 is 1.45 bits per heavy atom. The van der Waals surface area contributed by atoms with Crippen LogP contribution in [-0.2, 0) is 9.05 Å². The normalized spacial score (nSPS) is 14.5. The minimum atomic E-state index is -1.34. The molecule has 1 heterocycles. The maximum atomic E-state index is 10.4. The first-order chi connectivity index (χ1) is 10.8. The Hall–Kier alpha value is -2.01. The van der Waals surface area contributed by atoms with Crippen molar-refractivity contribution in [2.75, 3.05) is 13.2 Å². The average molecular weight is 321 g/mol. The van der Waals surface area contributed by atoms with Crippen molar-refractivity contribution >= 4 is 14.3 Å². The Bertz CT molecular complexity index is 531. The van der Waals surface area contributed by atoms with E-state index in [1.54, 1.807) is 0 Å². The lowest BCUT2D eigenvalue weighted by molar-refractivity contribution is -0.384. The Morgan fingerprint density at radius 1 is 0.955 bits per heavy atom. The van der Waals surface area contributed by atoms with E-state index in [9.17, 15) is 10.1 Å². The summed E-state index contributed by atoms with van der Waals surface area (Å²) in [5, 5.41) is 10.4. The van der Waals surface area contributed by atoms with Gasteiger partial charge in [0.25, 0.3) is 5.69 Å². The number of hydrogen-bond donors (Lipinski definition) is 0. The van der Waals surface area contributed by atoms with Crippen LogP contribution in [0.2, 0.25) is 0 Å². The molecule has 2 aromatic carbocycles. The zero-order valence-corrected chi connectivity index (χ0v) is 12.7. The fourth-order valence-electron chi connectivity index (χ4n) is 1.53. The van der Waals surface area contributed by atoms with Crippen molar-refractivity contribution in [3.63, 3.8) is 0 Å². The van der Waals surface area contributed by atoms with Crippen LogP contribution in [0.1, 0.15) is 6.42 Å². The van der Waals surface area contributed by atoms with Gasteiger partial charge in [0, 0.05) is 12.1 Å². The molecule has 1 aliphatic heterocycles. The minimum Gasteiger partial charge on any atom is -0.427 e. The van der Waals surface area contributed by atoms with Crippen LogP contribution < -0.4 is 4.52 Å². The van der Waals surface area contributed by atoms with Crippen LogP contribution in [0.25, 0.3) is 0 Å². The fraction of sp³-hybridized carbons (Fsp3) is 0.200. The van der Waals surface area contributed by atoms with Gasteiger partial charge in [-0.25, -0.2) is 0 Å². The molecule has 1 fully saturated rings. The van der Waals surface area contributed by atoms with Crippen LogP contribution in [-0.4, -0.2) is 18.1 Å². The van der Waals surface area contributed by atoms with Gasteiger partial charge in [0.1, 0.15) is 5.75 Å². The summed E-state index contributed by atoms with van der Waals surface area (Å²) in [5.74, 6) is 0.513. The third-order valence-electron chi connectivity index (χ3n) is 2.58. The second-order valence-electron chi connectivity index (χ2n) is 4.24. The van der Waals surface area contributed by atoms with Gasteiger partial charge in [-0.3, -0.25) is 10.1 Å². The van der Waals surface area contributed by atoms with Gasteiger partial charge in [-0.1, -0.05) is 36.4 Å². The van der Waals surface area contributed by atoms with Crippen LogP contribution >= 0.6 is 8.60 Å². The quantitative estimate of drug-likeness (QED) is 0.478. The zero-order valence-electron chi connectivity index (χ0n) is 11.8. The lowest BCUT2D eigenvalue weighted by Crippen LogP contribution is -2.07. The van der Waals surface area contributed by atoms with Gasteiger partial charge < -0.3 is 13.6 Å². The monoisotopic (exact) mass is 321 g/mol. The minimum absolute atomic E-state index is 0.0330. The first-order valence-corrected chi connectivity index (χ1v) is 7.83. The van der Waals surface area contributed by atoms with Gasteiger partial charge in [0.15, 0.2) is 0 Å². The van der Waals surface area contributed by atoms with E-state index in [0.717, 1.165) is 6.42 Å². The predicted octanol–water partition coefficient (Wildman–Crippen LogP) is 4.32. The SMILES string of the molecule is O=[N+]([O-])c1ccc(OP2OCCCO2)cc1.c1ccccc1.